The zero-order chi connectivity index (χ0) is 18.7. The van der Waals surface area contributed by atoms with E-state index in [2.05, 4.69) is 9.97 Å². The van der Waals surface area contributed by atoms with Crippen molar-refractivity contribution in [1.29, 1.82) is 0 Å². The Morgan fingerprint density at radius 3 is 2.81 bits per heavy atom. The van der Waals surface area contributed by atoms with Crippen LogP contribution in [-0.4, -0.2) is 35.1 Å². The minimum atomic E-state index is -0.500. The molecule has 0 fully saturated rings. The number of aryl methyl sites for hydroxylation is 1. The largest absolute Gasteiger partial charge is 0.491 e. The average molecular weight is 354 g/mol. The third-order valence-electron chi connectivity index (χ3n) is 4.12. The van der Waals surface area contributed by atoms with Crippen LogP contribution in [0.2, 0.25) is 0 Å². The number of benzene rings is 2. The van der Waals surface area contributed by atoms with Crippen LogP contribution in [0, 0.1) is 17.0 Å². The molecule has 0 unspecified atom stereocenters. The minimum absolute atomic E-state index is 0.144. The summed E-state index contributed by atoms with van der Waals surface area (Å²) in [6.45, 7) is 2.75. The lowest BCUT2D eigenvalue weighted by molar-refractivity contribution is -0.384. The van der Waals surface area contributed by atoms with Crippen LogP contribution in [0.1, 0.15) is 5.56 Å². The first-order valence-electron chi connectivity index (χ1n) is 8.03. The second-order valence-electron chi connectivity index (χ2n) is 5.88. The van der Waals surface area contributed by atoms with Gasteiger partial charge in [0.15, 0.2) is 0 Å². The van der Waals surface area contributed by atoms with E-state index in [1.165, 1.54) is 12.4 Å². The van der Waals surface area contributed by atoms with Gasteiger partial charge in [-0.2, -0.15) is 0 Å². The fourth-order valence-corrected chi connectivity index (χ4v) is 2.68. The number of ether oxygens (including phenoxy) is 1. The van der Waals surface area contributed by atoms with Gasteiger partial charge in [0, 0.05) is 13.1 Å². The number of anilines is 1. The second kappa shape index (κ2) is 7.22. The molecule has 0 aliphatic carbocycles. The van der Waals surface area contributed by atoms with Crippen LogP contribution in [0.5, 0.6) is 5.75 Å². The highest BCUT2D eigenvalue weighted by Gasteiger charge is 2.20. The maximum Gasteiger partial charge on any atom is 0.293 e. The van der Waals surface area contributed by atoms with E-state index in [1.54, 1.807) is 18.0 Å². The number of nitro groups is 1. The van der Waals surface area contributed by atoms with E-state index in [9.17, 15) is 14.9 Å². The maximum atomic E-state index is 11.8. The molecular formula is C18H18N4O4. The van der Waals surface area contributed by atoms with Crippen molar-refractivity contribution >= 4 is 22.3 Å². The SMILES string of the molecule is Cc1ccccc1OCCN(C)c1cc2nc[nH]c(=O)c2cc1[N+](=O)[O-]. The molecule has 2 aromatic carbocycles. The number of likely N-dealkylation sites (N-methyl/N-ethyl adjacent to an activating group) is 1. The van der Waals surface area contributed by atoms with Crippen LogP contribution in [0.25, 0.3) is 10.9 Å². The van der Waals surface area contributed by atoms with Crippen LogP contribution >= 0.6 is 0 Å². The topological polar surface area (TPSA) is 101 Å². The fourth-order valence-electron chi connectivity index (χ4n) is 2.68. The van der Waals surface area contributed by atoms with Crippen molar-refractivity contribution < 1.29 is 9.66 Å². The number of rotatable bonds is 6. The molecule has 0 saturated heterocycles. The molecule has 0 radical (unpaired) electrons. The molecule has 26 heavy (non-hydrogen) atoms. The first kappa shape index (κ1) is 17.4. The Kier molecular flexibility index (Phi) is 4.83. The molecular weight excluding hydrogens is 336 g/mol. The van der Waals surface area contributed by atoms with Gasteiger partial charge < -0.3 is 14.6 Å². The lowest BCUT2D eigenvalue weighted by Gasteiger charge is -2.20. The minimum Gasteiger partial charge on any atom is -0.491 e. The van der Waals surface area contributed by atoms with E-state index in [-0.39, 0.29) is 11.1 Å². The van der Waals surface area contributed by atoms with Crippen LogP contribution in [-0.2, 0) is 0 Å². The number of para-hydroxylation sites is 1. The normalized spacial score (nSPS) is 10.7. The van der Waals surface area contributed by atoms with Crippen molar-refractivity contribution in [3.63, 3.8) is 0 Å². The molecule has 0 bridgehead atoms. The number of fused-ring (bicyclic) bond motifs is 1. The van der Waals surface area contributed by atoms with Crippen molar-refractivity contribution in [1.82, 2.24) is 9.97 Å². The summed E-state index contributed by atoms with van der Waals surface area (Å²) in [4.78, 5) is 31.0. The lowest BCUT2D eigenvalue weighted by atomic mass is 10.1. The third-order valence-corrected chi connectivity index (χ3v) is 4.12. The first-order valence-corrected chi connectivity index (χ1v) is 8.03. The van der Waals surface area contributed by atoms with Gasteiger partial charge >= 0.3 is 0 Å². The second-order valence-corrected chi connectivity index (χ2v) is 5.88. The van der Waals surface area contributed by atoms with Crippen LogP contribution in [0.3, 0.4) is 0 Å². The van der Waals surface area contributed by atoms with Crippen molar-refractivity contribution in [3.8, 4) is 5.75 Å². The van der Waals surface area contributed by atoms with Gasteiger partial charge in [-0.15, -0.1) is 0 Å². The lowest BCUT2D eigenvalue weighted by Crippen LogP contribution is -2.25. The maximum absolute atomic E-state index is 11.8. The highest BCUT2D eigenvalue weighted by Crippen LogP contribution is 2.30. The molecule has 1 heterocycles. The van der Waals surface area contributed by atoms with Gasteiger partial charge in [-0.25, -0.2) is 4.98 Å². The number of H-pyrrole nitrogens is 1. The smallest absolute Gasteiger partial charge is 0.293 e. The van der Waals surface area contributed by atoms with Gasteiger partial charge in [0.25, 0.3) is 11.2 Å². The van der Waals surface area contributed by atoms with E-state index in [1.807, 2.05) is 31.2 Å². The first-order chi connectivity index (χ1) is 12.5. The number of aromatic amines is 1. The zero-order valence-corrected chi connectivity index (χ0v) is 14.4. The van der Waals surface area contributed by atoms with Crippen molar-refractivity contribution in [2.45, 2.75) is 6.92 Å². The molecule has 1 aromatic heterocycles. The Labute approximate surface area is 149 Å². The molecule has 0 aliphatic heterocycles. The van der Waals surface area contributed by atoms with E-state index in [0.29, 0.717) is 24.4 Å². The van der Waals surface area contributed by atoms with Gasteiger partial charge in [-0.1, -0.05) is 18.2 Å². The summed E-state index contributed by atoms with van der Waals surface area (Å²) in [6, 6.07) is 10.5. The predicted molar refractivity (Wildman–Crippen MR) is 99.0 cm³/mol. The van der Waals surface area contributed by atoms with E-state index < -0.39 is 10.5 Å². The standard InChI is InChI=1S/C18H18N4O4/c1-12-5-3-4-6-17(12)26-8-7-21(2)15-10-14-13(9-16(15)22(24)25)18(23)20-11-19-14/h3-6,9-11H,7-8H2,1-2H3,(H,19,20,23). The monoisotopic (exact) mass is 354 g/mol. The number of nitrogens with zero attached hydrogens (tertiary/aromatic N) is 3. The molecule has 0 saturated carbocycles. The molecule has 134 valence electrons. The molecule has 1 N–H and O–H groups in total. The van der Waals surface area contributed by atoms with Crippen LogP contribution in [0.15, 0.2) is 47.5 Å². The van der Waals surface area contributed by atoms with Gasteiger partial charge in [0.05, 0.1) is 28.7 Å². The zero-order valence-electron chi connectivity index (χ0n) is 14.4. The summed E-state index contributed by atoms with van der Waals surface area (Å²) in [5.41, 5.74) is 1.26. The van der Waals surface area contributed by atoms with E-state index >= 15 is 0 Å². The summed E-state index contributed by atoms with van der Waals surface area (Å²) >= 11 is 0. The Hall–Kier alpha value is -3.42. The van der Waals surface area contributed by atoms with Gasteiger partial charge in [0.1, 0.15) is 18.0 Å². The molecule has 0 amide bonds. The number of aromatic nitrogens is 2. The Morgan fingerprint density at radius 2 is 2.08 bits per heavy atom. The average Bonchev–Trinajstić information content (AvgIpc) is 2.62. The molecule has 0 atom stereocenters. The molecule has 0 aliphatic rings. The number of nitro benzene ring substituents is 1. The van der Waals surface area contributed by atoms with E-state index in [4.69, 9.17) is 4.74 Å². The quantitative estimate of drug-likeness (QED) is 0.539. The molecule has 3 aromatic rings. The third kappa shape index (κ3) is 3.49. The Morgan fingerprint density at radius 1 is 1.31 bits per heavy atom. The van der Waals surface area contributed by atoms with Gasteiger partial charge in [-0.3, -0.25) is 14.9 Å². The number of nitrogens with one attached hydrogen (secondary N) is 1. The van der Waals surface area contributed by atoms with Crippen molar-refractivity contribution in [2.75, 3.05) is 25.1 Å². The predicted octanol–water partition coefficient (Wildman–Crippen LogP) is 2.65. The Balaban J connectivity index is 1.84. The summed E-state index contributed by atoms with van der Waals surface area (Å²) in [5, 5.41) is 11.6. The number of hydrogen-bond acceptors (Lipinski definition) is 6. The molecule has 8 heteroatoms. The highest BCUT2D eigenvalue weighted by atomic mass is 16.6. The summed E-state index contributed by atoms with van der Waals surface area (Å²) in [6.07, 6.45) is 1.28. The van der Waals surface area contributed by atoms with E-state index in [0.717, 1.165) is 11.3 Å². The van der Waals surface area contributed by atoms with Crippen molar-refractivity contribution in [3.05, 3.63) is 68.8 Å². The van der Waals surface area contributed by atoms with Gasteiger partial charge in [0.2, 0.25) is 0 Å². The summed E-state index contributed by atoms with van der Waals surface area (Å²) in [5.74, 6) is 0.780. The van der Waals surface area contributed by atoms with Gasteiger partial charge in [-0.05, 0) is 24.6 Å². The molecule has 8 nitrogen and oxygen atoms in total. The number of hydrogen-bond donors (Lipinski definition) is 1. The van der Waals surface area contributed by atoms with Crippen LogP contribution < -0.4 is 15.2 Å². The fraction of sp³-hybridized carbons (Fsp3) is 0.222. The summed E-state index contributed by atoms with van der Waals surface area (Å²) < 4.78 is 5.75. The van der Waals surface area contributed by atoms with Crippen molar-refractivity contribution in [2.24, 2.45) is 0 Å². The van der Waals surface area contributed by atoms with Crippen LogP contribution in [0.4, 0.5) is 11.4 Å². The summed E-state index contributed by atoms with van der Waals surface area (Å²) in [7, 11) is 1.74. The molecule has 0 spiro atoms. The Bertz CT molecular complexity index is 1020. The molecule has 3 rings (SSSR count). The highest BCUT2D eigenvalue weighted by molar-refractivity contribution is 5.86.